The number of fused-ring (bicyclic) bond motifs is 3. The van der Waals surface area contributed by atoms with Crippen LogP contribution in [0.15, 0.2) is 71.5 Å². The lowest BCUT2D eigenvalue weighted by atomic mass is 10.1. The minimum atomic E-state index is -0.481. The third-order valence-corrected chi connectivity index (χ3v) is 5.38. The monoisotopic (exact) mass is 430 g/mol. The number of benzene rings is 3. The van der Waals surface area contributed by atoms with Gasteiger partial charge in [-0.1, -0.05) is 18.2 Å². The lowest BCUT2D eigenvalue weighted by Gasteiger charge is -2.30. The topological polar surface area (TPSA) is 78.3 Å². The number of halogens is 1. The first kappa shape index (κ1) is 19.7. The Balaban J connectivity index is 1.72. The Kier molecular flexibility index (Phi) is 4.82. The highest BCUT2D eigenvalue weighted by Crippen LogP contribution is 2.38. The molecule has 1 aliphatic rings. The van der Waals surface area contributed by atoms with Crippen LogP contribution >= 0.6 is 0 Å². The van der Waals surface area contributed by atoms with E-state index in [4.69, 9.17) is 9.47 Å². The minimum absolute atomic E-state index is 0.139. The van der Waals surface area contributed by atoms with Crippen molar-refractivity contribution in [3.63, 3.8) is 0 Å². The SMILES string of the molecule is COc1ccc(C2Nc3ccccc3-c3nc(=O)c(-c4ccc(F)cc4)nn32)cc1OC. The van der Waals surface area contributed by atoms with E-state index in [1.165, 1.54) is 24.3 Å². The van der Waals surface area contributed by atoms with Crippen LogP contribution in [0, 0.1) is 5.82 Å². The zero-order valence-electron chi connectivity index (χ0n) is 17.4. The first-order valence-corrected chi connectivity index (χ1v) is 9.93. The Labute approximate surface area is 183 Å². The normalized spacial score (nSPS) is 14.2. The molecule has 0 fully saturated rings. The third-order valence-electron chi connectivity index (χ3n) is 5.38. The first-order valence-electron chi connectivity index (χ1n) is 9.93. The molecule has 0 spiro atoms. The molecule has 0 radical (unpaired) electrons. The van der Waals surface area contributed by atoms with Crippen LogP contribution in [0.4, 0.5) is 10.1 Å². The molecule has 1 unspecified atom stereocenters. The van der Waals surface area contributed by atoms with E-state index in [1.807, 2.05) is 42.5 Å². The van der Waals surface area contributed by atoms with E-state index < -0.39 is 17.5 Å². The van der Waals surface area contributed by atoms with E-state index in [0.29, 0.717) is 22.9 Å². The molecule has 32 heavy (non-hydrogen) atoms. The van der Waals surface area contributed by atoms with Crippen molar-refractivity contribution < 1.29 is 13.9 Å². The summed E-state index contributed by atoms with van der Waals surface area (Å²) in [5.41, 5.74) is 2.58. The maximum atomic E-state index is 13.4. The molecule has 8 heteroatoms. The summed E-state index contributed by atoms with van der Waals surface area (Å²) >= 11 is 0. The minimum Gasteiger partial charge on any atom is -0.493 e. The maximum absolute atomic E-state index is 13.4. The summed E-state index contributed by atoms with van der Waals surface area (Å²) in [4.78, 5) is 17.2. The van der Waals surface area contributed by atoms with Gasteiger partial charge in [-0.2, -0.15) is 10.1 Å². The van der Waals surface area contributed by atoms with Gasteiger partial charge in [0.05, 0.1) is 14.2 Å². The van der Waals surface area contributed by atoms with E-state index in [2.05, 4.69) is 15.4 Å². The number of ether oxygens (including phenoxy) is 2. The van der Waals surface area contributed by atoms with E-state index in [0.717, 1.165) is 16.8 Å². The Morgan fingerprint density at radius 3 is 2.47 bits per heavy atom. The van der Waals surface area contributed by atoms with Crippen LogP contribution in [-0.4, -0.2) is 29.0 Å². The van der Waals surface area contributed by atoms with Crippen molar-refractivity contribution in [2.75, 3.05) is 19.5 Å². The van der Waals surface area contributed by atoms with Gasteiger partial charge in [0.1, 0.15) is 12.0 Å². The molecule has 2 heterocycles. The molecule has 0 saturated carbocycles. The van der Waals surface area contributed by atoms with Crippen molar-refractivity contribution in [3.8, 4) is 34.1 Å². The van der Waals surface area contributed by atoms with Crippen LogP contribution in [0.3, 0.4) is 0 Å². The van der Waals surface area contributed by atoms with Crippen molar-refractivity contribution in [2.24, 2.45) is 0 Å². The van der Waals surface area contributed by atoms with Gasteiger partial charge in [0, 0.05) is 22.4 Å². The number of hydrogen-bond acceptors (Lipinski definition) is 6. The van der Waals surface area contributed by atoms with Crippen molar-refractivity contribution in [3.05, 3.63) is 88.5 Å². The van der Waals surface area contributed by atoms with Gasteiger partial charge >= 0.3 is 0 Å². The average molecular weight is 430 g/mol. The summed E-state index contributed by atoms with van der Waals surface area (Å²) in [7, 11) is 3.15. The fourth-order valence-electron chi connectivity index (χ4n) is 3.81. The van der Waals surface area contributed by atoms with Crippen molar-refractivity contribution in [2.45, 2.75) is 6.17 Å². The molecule has 4 aromatic rings. The third kappa shape index (κ3) is 3.26. The molecule has 160 valence electrons. The molecule has 1 atom stereocenters. The quantitative estimate of drug-likeness (QED) is 0.525. The van der Waals surface area contributed by atoms with Gasteiger partial charge in [0.15, 0.2) is 23.0 Å². The average Bonchev–Trinajstić information content (AvgIpc) is 2.83. The molecular formula is C24H19FN4O3. The molecule has 5 rings (SSSR count). The van der Waals surface area contributed by atoms with Crippen LogP contribution in [0.5, 0.6) is 11.5 Å². The second kappa shape index (κ2) is 7.81. The van der Waals surface area contributed by atoms with E-state index >= 15 is 0 Å². The lowest BCUT2D eigenvalue weighted by Crippen LogP contribution is -2.32. The molecule has 0 aliphatic carbocycles. The van der Waals surface area contributed by atoms with Gasteiger partial charge in [-0.05, 0) is 48.5 Å². The van der Waals surface area contributed by atoms with Crippen molar-refractivity contribution in [1.82, 2.24) is 14.8 Å². The molecule has 7 nitrogen and oxygen atoms in total. The Hall–Kier alpha value is -4.20. The Bertz CT molecular complexity index is 1370. The number of aromatic nitrogens is 3. The van der Waals surface area contributed by atoms with Crippen LogP contribution in [0.25, 0.3) is 22.6 Å². The largest absolute Gasteiger partial charge is 0.493 e. The number of nitrogens with zero attached hydrogens (tertiary/aromatic N) is 3. The van der Waals surface area contributed by atoms with Gasteiger partial charge in [-0.15, -0.1) is 0 Å². The standard InChI is InChI=1S/C24H19FN4O3/c1-31-19-12-9-15(13-20(19)32-2)22-26-18-6-4-3-5-17(18)23-27-24(30)21(28-29(22)23)14-7-10-16(25)11-8-14/h3-13,22,26H,1-2H3. The molecule has 1 aliphatic heterocycles. The highest BCUT2D eigenvalue weighted by Gasteiger charge is 2.28. The zero-order chi connectivity index (χ0) is 22.2. The van der Waals surface area contributed by atoms with E-state index in [1.54, 1.807) is 18.9 Å². The fourth-order valence-corrected chi connectivity index (χ4v) is 3.81. The summed E-state index contributed by atoms with van der Waals surface area (Å²) in [6.45, 7) is 0. The summed E-state index contributed by atoms with van der Waals surface area (Å²) in [6, 6.07) is 18.8. The van der Waals surface area contributed by atoms with E-state index in [-0.39, 0.29) is 5.69 Å². The number of methoxy groups -OCH3 is 2. The second-order valence-corrected chi connectivity index (χ2v) is 7.25. The van der Waals surface area contributed by atoms with Crippen LogP contribution < -0.4 is 20.3 Å². The summed E-state index contributed by atoms with van der Waals surface area (Å²) in [5, 5.41) is 8.12. The van der Waals surface area contributed by atoms with Crippen molar-refractivity contribution in [1.29, 1.82) is 0 Å². The highest BCUT2D eigenvalue weighted by atomic mass is 19.1. The van der Waals surface area contributed by atoms with Gasteiger partial charge in [-0.25, -0.2) is 9.07 Å². The Morgan fingerprint density at radius 2 is 1.72 bits per heavy atom. The number of nitrogens with one attached hydrogen (secondary N) is 1. The molecule has 1 aromatic heterocycles. The number of rotatable bonds is 4. The molecular weight excluding hydrogens is 411 g/mol. The van der Waals surface area contributed by atoms with Gasteiger partial charge in [0.2, 0.25) is 0 Å². The summed E-state index contributed by atoms with van der Waals surface area (Å²) in [5.74, 6) is 1.22. The number of hydrogen-bond donors (Lipinski definition) is 1. The van der Waals surface area contributed by atoms with Gasteiger partial charge < -0.3 is 14.8 Å². The molecule has 0 saturated heterocycles. The van der Waals surface area contributed by atoms with Crippen LogP contribution in [0.1, 0.15) is 11.7 Å². The summed E-state index contributed by atoms with van der Waals surface area (Å²) in [6.07, 6.45) is -0.466. The van der Waals surface area contributed by atoms with Crippen LogP contribution in [0.2, 0.25) is 0 Å². The number of anilines is 1. The molecule has 3 aromatic carbocycles. The maximum Gasteiger partial charge on any atom is 0.300 e. The smallest absolute Gasteiger partial charge is 0.300 e. The fraction of sp³-hybridized carbons (Fsp3) is 0.125. The highest BCUT2D eigenvalue weighted by molar-refractivity contribution is 5.76. The molecule has 1 N–H and O–H groups in total. The van der Waals surface area contributed by atoms with Crippen molar-refractivity contribution >= 4 is 5.69 Å². The zero-order valence-corrected chi connectivity index (χ0v) is 17.4. The van der Waals surface area contributed by atoms with Gasteiger partial charge in [0.25, 0.3) is 5.56 Å². The van der Waals surface area contributed by atoms with Gasteiger partial charge in [-0.3, -0.25) is 4.79 Å². The van der Waals surface area contributed by atoms with E-state index in [9.17, 15) is 9.18 Å². The molecule has 0 amide bonds. The van der Waals surface area contributed by atoms with Crippen LogP contribution in [-0.2, 0) is 0 Å². The first-order chi connectivity index (χ1) is 15.6. The number of para-hydroxylation sites is 1. The second-order valence-electron chi connectivity index (χ2n) is 7.25. The molecule has 0 bridgehead atoms. The lowest BCUT2D eigenvalue weighted by molar-refractivity contribution is 0.354. The predicted molar refractivity (Wildman–Crippen MR) is 118 cm³/mol. The predicted octanol–water partition coefficient (Wildman–Crippen LogP) is 4.10. The Morgan fingerprint density at radius 1 is 0.969 bits per heavy atom. The summed E-state index contributed by atoms with van der Waals surface area (Å²) < 4.78 is 25.9.